The van der Waals surface area contributed by atoms with Crippen molar-refractivity contribution in [1.29, 1.82) is 0 Å². The van der Waals surface area contributed by atoms with Gasteiger partial charge in [-0.3, -0.25) is 0 Å². The molecule has 2 N–H and O–H groups in total. The van der Waals surface area contributed by atoms with E-state index in [2.05, 4.69) is 10.2 Å². The quantitative estimate of drug-likeness (QED) is 0.845. The Labute approximate surface area is 96.8 Å². The second-order valence-electron chi connectivity index (χ2n) is 1.86. The van der Waals surface area contributed by atoms with Crippen LogP contribution in [-0.2, 0) is 7.05 Å². The predicted molar refractivity (Wildman–Crippen MR) is 61.4 cm³/mol. The fraction of sp³-hybridized carbons (Fsp3) is 0.600. The Balaban J connectivity index is 0. The first kappa shape index (κ1) is 14.9. The van der Waals surface area contributed by atoms with Crippen LogP contribution in [0.5, 0.6) is 0 Å². The number of halogens is 2. The van der Waals surface area contributed by atoms with Crippen molar-refractivity contribution in [2.24, 2.45) is 12.8 Å². The van der Waals surface area contributed by atoms with Gasteiger partial charge < -0.3 is 10.3 Å². The Kier molecular flexibility index (Phi) is 9.97. The monoisotopic (exact) mass is 318 g/mol. The molecule has 1 heterocycles. The highest BCUT2D eigenvalue weighted by atomic mass is 79.9. The molecule has 72 valence electrons. The standard InChI is InChI=1S/C5H10N4S.2BrH/c1-9-4-7-8-5(9)10-3-2-6;;/h4H,2-3,6H2,1H3;2*1H. The predicted octanol–water partition coefficient (Wildman–Crippen LogP) is 1.02. The third kappa shape index (κ3) is 4.44. The lowest BCUT2D eigenvalue weighted by Crippen LogP contribution is -2.02. The molecule has 4 nitrogen and oxygen atoms in total. The maximum absolute atomic E-state index is 5.32. The van der Waals surface area contributed by atoms with Gasteiger partial charge in [0.1, 0.15) is 6.33 Å². The summed E-state index contributed by atoms with van der Waals surface area (Å²) in [6.45, 7) is 0.678. The topological polar surface area (TPSA) is 56.7 Å². The first-order chi connectivity index (χ1) is 4.84. The van der Waals surface area contributed by atoms with Gasteiger partial charge in [0.05, 0.1) is 0 Å². The van der Waals surface area contributed by atoms with Gasteiger partial charge in [-0.05, 0) is 0 Å². The second kappa shape index (κ2) is 8.03. The molecule has 12 heavy (non-hydrogen) atoms. The average Bonchev–Trinajstić information content (AvgIpc) is 2.31. The lowest BCUT2D eigenvalue weighted by Gasteiger charge is -1.95. The van der Waals surface area contributed by atoms with Crippen LogP contribution in [0, 0.1) is 0 Å². The zero-order valence-corrected chi connectivity index (χ0v) is 10.9. The van der Waals surface area contributed by atoms with Gasteiger partial charge in [-0.1, -0.05) is 11.8 Å². The molecule has 0 aliphatic rings. The average molecular weight is 320 g/mol. The van der Waals surface area contributed by atoms with Crippen LogP contribution in [0.4, 0.5) is 0 Å². The number of hydrogen-bond acceptors (Lipinski definition) is 4. The van der Waals surface area contributed by atoms with Crippen LogP contribution in [0.3, 0.4) is 0 Å². The maximum Gasteiger partial charge on any atom is 0.190 e. The largest absolute Gasteiger partial charge is 0.330 e. The summed E-state index contributed by atoms with van der Waals surface area (Å²) in [5.74, 6) is 0.895. The number of aryl methyl sites for hydroxylation is 1. The summed E-state index contributed by atoms with van der Waals surface area (Å²) in [5, 5.41) is 8.52. The molecule has 0 amide bonds. The molecule has 0 fully saturated rings. The van der Waals surface area contributed by atoms with Gasteiger partial charge in [0, 0.05) is 19.3 Å². The third-order valence-corrected chi connectivity index (χ3v) is 2.09. The van der Waals surface area contributed by atoms with Crippen LogP contribution in [0.2, 0.25) is 0 Å². The fourth-order valence-electron chi connectivity index (χ4n) is 0.553. The summed E-state index contributed by atoms with van der Waals surface area (Å²) < 4.78 is 1.88. The molecule has 0 aliphatic carbocycles. The molecule has 0 atom stereocenters. The molecule has 0 saturated carbocycles. The van der Waals surface area contributed by atoms with E-state index in [1.165, 1.54) is 0 Å². The van der Waals surface area contributed by atoms with Gasteiger partial charge in [0.2, 0.25) is 0 Å². The Morgan fingerprint density at radius 1 is 1.58 bits per heavy atom. The van der Waals surface area contributed by atoms with E-state index in [1.54, 1.807) is 18.1 Å². The van der Waals surface area contributed by atoms with E-state index in [0.29, 0.717) is 6.54 Å². The SMILES string of the molecule is Br.Br.Cn1cnnc1SCCN. The molecule has 1 aromatic heterocycles. The van der Waals surface area contributed by atoms with Crippen molar-refractivity contribution in [3.63, 3.8) is 0 Å². The number of thioether (sulfide) groups is 1. The smallest absolute Gasteiger partial charge is 0.190 e. The van der Waals surface area contributed by atoms with Crippen LogP contribution in [0.25, 0.3) is 0 Å². The fourth-order valence-corrected chi connectivity index (χ4v) is 1.21. The highest BCUT2D eigenvalue weighted by Gasteiger charge is 1.97. The van der Waals surface area contributed by atoms with Crippen molar-refractivity contribution >= 4 is 45.7 Å². The van der Waals surface area contributed by atoms with Crippen molar-refractivity contribution in [1.82, 2.24) is 14.8 Å². The van der Waals surface area contributed by atoms with E-state index in [9.17, 15) is 0 Å². The molecule has 0 spiro atoms. The Bertz CT molecular complexity index is 205. The Morgan fingerprint density at radius 2 is 2.25 bits per heavy atom. The van der Waals surface area contributed by atoms with Crippen LogP contribution in [0.1, 0.15) is 0 Å². The number of nitrogens with zero attached hydrogens (tertiary/aromatic N) is 3. The molecule has 1 aromatic rings. The number of hydrogen-bond donors (Lipinski definition) is 1. The molecule has 0 saturated heterocycles. The van der Waals surface area contributed by atoms with Crippen LogP contribution >= 0.6 is 45.7 Å². The summed E-state index contributed by atoms with van der Waals surface area (Å²) in [6, 6.07) is 0. The van der Waals surface area contributed by atoms with E-state index < -0.39 is 0 Å². The summed E-state index contributed by atoms with van der Waals surface area (Å²) in [5.41, 5.74) is 5.32. The van der Waals surface area contributed by atoms with E-state index >= 15 is 0 Å². The molecule has 7 heteroatoms. The van der Waals surface area contributed by atoms with Crippen molar-refractivity contribution < 1.29 is 0 Å². The molecule has 0 bridgehead atoms. The minimum Gasteiger partial charge on any atom is -0.330 e. The van der Waals surface area contributed by atoms with Gasteiger partial charge in [-0.15, -0.1) is 44.2 Å². The van der Waals surface area contributed by atoms with Crippen molar-refractivity contribution in [2.75, 3.05) is 12.3 Å². The van der Waals surface area contributed by atoms with Gasteiger partial charge in [0.25, 0.3) is 0 Å². The van der Waals surface area contributed by atoms with Gasteiger partial charge in [-0.2, -0.15) is 0 Å². The summed E-state index contributed by atoms with van der Waals surface area (Å²) >= 11 is 1.62. The van der Waals surface area contributed by atoms with E-state index in [-0.39, 0.29) is 34.0 Å². The number of rotatable bonds is 3. The van der Waals surface area contributed by atoms with Crippen molar-refractivity contribution in [2.45, 2.75) is 5.16 Å². The first-order valence-electron chi connectivity index (χ1n) is 3.01. The molecule has 0 unspecified atom stereocenters. The zero-order valence-electron chi connectivity index (χ0n) is 6.64. The molecular formula is C5H12Br2N4S. The van der Waals surface area contributed by atoms with Crippen LogP contribution < -0.4 is 5.73 Å². The van der Waals surface area contributed by atoms with Crippen LogP contribution in [0.15, 0.2) is 11.5 Å². The Morgan fingerprint density at radius 3 is 2.67 bits per heavy atom. The molecule has 1 rings (SSSR count). The van der Waals surface area contributed by atoms with Crippen molar-refractivity contribution in [3.8, 4) is 0 Å². The molecular weight excluding hydrogens is 308 g/mol. The summed E-state index contributed by atoms with van der Waals surface area (Å²) in [6.07, 6.45) is 1.68. The summed E-state index contributed by atoms with van der Waals surface area (Å²) in [4.78, 5) is 0. The van der Waals surface area contributed by atoms with Gasteiger partial charge in [0.15, 0.2) is 5.16 Å². The lowest BCUT2D eigenvalue weighted by molar-refractivity contribution is 0.788. The minimum atomic E-state index is 0. The zero-order chi connectivity index (χ0) is 7.40. The highest BCUT2D eigenvalue weighted by molar-refractivity contribution is 8.93. The molecule has 0 radical (unpaired) electrons. The van der Waals surface area contributed by atoms with Gasteiger partial charge in [-0.25, -0.2) is 0 Å². The van der Waals surface area contributed by atoms with E-state index in [4.69, 9.17) is 5.73 Å². The maximum atomic E-state index is 5.32. The molecule has 0 aromatic carbocycles. The van der Waals surface area contributed by atoms with E-state index in [0.717, 1.165) is 10.9 Å². The third-order valence-electron chi connectivity index (χ3n) is 1.02. The number of nitrogens with two attached hydrogens (primary N) is 1. The normalized spacial score (nSPS) is 8.50. The minimum absolute atomic E-state index is 0. The van der Waals surface area contributed by atoms with Gasteiger partial charge >= 0.3 is 0 Å². The van der Waals surface area contributed by atoms with Crippen molar-refractivity contribution in [3.05, 3.63) is 6.33 Å². The van der Waals surface area contributed by atoms with E-state index in [1.807, 2.05) is 11.6 Å². The second-order valence-corrected chi connectivity index (χ2v) is 2.92. The highest BCUT2D eigenvalue weighted by Crippen LogP contribution is 2.11. The first-order valence-corrected chi connectivity index (χ1v) is 4.00. The number of aromatic nitrogens is 3. The molecule has 0 aliphatic heterocycles. The van der Waals surface area contributed by atoms with Crippen LogP contribution in [-0.4, -0.2) is 27.1 Å². The lowest BCUT2D eigenvalue weighted by atomic mass is 10.8. The summed E-state index contributed by atoms with van der Waals surface area (Å²) in [7, 11) is 1.92. The Hall–Kier alpha value is 0.410.